The van der Waals surface area contributed by atoms with E-state index in [0.29, 0.717) is 0 Å². The number of hydrogen-bond donors (Lipinski definition) is 1. The highest BCUT2D eigenvalue weighted by atomic mass is 79.9. The first-order chi connectivity index (χ1) is 7.61. The van der Waals surface area contributed by atoms with Crippen LogP contribution in [0.2, 0.25) is 0 Å². The molecule has 1 aromatic heterocycles. The van der Waals surface area contributed by atoms with Crippen LogP contribution in [0.3, 0.4) is 0 Å². The molecule has 2 unspecified atom stereocenters. The second-order valence-electron chi connectivity index (χ2n) is 3.70. The van der Waals surface area contributed by atoms with E-state index in [9.17, 15) is 0 Å². The highest BCUT2D eigenvalue weighted by Crippen LogP contribution is 2.26. The van der Waals surface area contributed by atoms with Gasteiger partial charge in [-0.2, -0.15) is 5.10 Å². The van der Waals surface area contributed by atoms with Crippen LogP contribution < -0.4 is 5.32 Å². The molecule has 0 bridgehead atoms. The lowest BCUT2D eigenvalue weighted by Gasteiger charge is -2.25. The zero-order valence-corrected chi connectivity index (χ0v) is 11.9. The van der Waals surface area contributed by atoms with Gasteiger partial charge in [-0.1, -0.05) is 6.92 Å². The molecule has 1 rings (SSSR count). The van der Waals surface area contributed by atoms with E-state index in [1.807, 2.05) is 24.9 Å². The first-order valence-electron chi connectivity index (χ1n) is 5.64. The zero-order chi connectivity index (χ0) is 12.1. The number of nitrogens with zero attached hydrogens (tertiary/aromatic N) is 2. The molecule has 0 saturated heterocycles. The summed E-state index contributed by atoms with van der Waals surface area (Å²) in [6.45, 7) is 7.81. The number of halogens is 1. The van der Waals surface area contributed by atoms with Gasteiger partial charge in [0.2, 0.25) is 0 Å². The molecule has 0 fully saturated rings. The Morgan fingerprint density at radius 1 is 1.56 bits per heavy atom. The van der Waals surface area contributed by atoms with Crippen LogP contribution in [0.4, 0.5) is 0 Å². The van der Waals surface area contributed by atoms with Crippen molar-refractivity contribution in [3.05, 3.63) is 16.4 Å². The maximum absolute atomic E-state index is 5.67. The van der Waals surface area contributed by atoms with Crippen LogP contribution in [0.25, 0.3) is 0 Å². The minimum absolute atomic E-state index is 0.122. The van der Waals surface area contributed by atoms with Crippen molar-refractivity contribution in [2.75, 3.05) is 13.2 Å². The third-order valence-corrected chi connectivity index (χ3v) is 3.17. The Labute approximate surface area is 105 Å². The quantitative estimate of drug-likeness (QED) is 0.873. The van der Waals surface area contributed by atoms with Gasteiger partial charge in [-0.3, -0.25) is 4.68 Å². The van der Waals surface area contributed by atoms with Crippen molar-refractivity contribution >= 4 is 15.9 Å². The van der Waals surface area contributed by atoms with E-state index in [2.05, 4.69) is 40.2 Å². The van der Waals surface area contributed by atoms with Crippen molar-refractivity contribution in [3.8, 4) is 0 Å². The van der Waals surface area contributed by atoms with E-state index in [0.717, 1.165) is 23.3 Å². The SMILES string of the molecule is CCNC(c1c(Br)cnn1C)C(C)OCC. The number of likely N-dealkylation sites (N-methyl/N-ethyl adjacent to an activating group) is 1. The maximum atomic E-state index is 5.67. The summed E-state index contributed by atoms with van der Waals surface area (Å²) in [5.41, 5.74) is 1.13. The van der Waals surface area contributed by atoms with E-state index >= 15 is 0 Å². The van der Waals surface area contributed by atoms with Gasteiger partial charge in [0.1, 0.15) is 0 Å². The smallest absolute Gasteiger partial charge is 0.0766 e. The molecule has 0 saturated carbocycles. The van der Waals surface area contributed by atoms with Gasteiger partial charge in [0.15, 0.2) is 0 Å². The van der Waals surface area contributed by atoms with Crippen LogP contribution >= 0.6 is 15.9 Å². The summed E-state index contributed by atoms with van der Waals surface area (Å²) in [7, 11) is 1.95. The van der Waals surface area contributed by atoms with Gasteiger partial charge in [0.05, 0.1) is 28.5 Å². The molecule has 0 aliphatic carbocycles. The van der Waals surface area contributed by atoms with Crippen molar-refractivity contribution in [1.29, 1.82) is 0 Å². The molecule has 0 aliphatic rings. The van der Waals surface area contributed by atoms with Gasteiger partial charge in [-0.05, 0) is 36.3 Å². The van der Waals surface area contributed by atoms with Gasteiger partial charge < -0.3 is 10.1 Å². The molecular weight excluding hydrogens is 270 g/mol. The molecular formula is C11H20BrN3O. The van der Waals surface area contributed by atoms with E-state index in [-0.39, 0.29) is 12.1 Å². The second kappa shape index (κ2) is 6.37. The zero-order valence-electron chi connectivity index (χ0n) is 10.3. The van der Waals surface area contributed by atoms with Gasteiger partial charge >= 0.3 is 0 Å². The molecule has 1 N–H and O–H groups in total. The molecule has 0 aliphatic heterocycles. The first kappa shape index (κ1) is 13.7. The second-order valence-corrected chi connectivity index (χ2v) is 4.55. The highest BCUT2D eigenvalue weighted by Gasteiger charge is 2.24. The highest BCUT2D eigenvalue weighted by molar-refractivity contribution is 9.10. The molecule has 4 nitrogen and oxygen atoms in total. The molecule has 0 spiro atoms. The fraction of sp³-hybridized carbons (Fsp3) is 0.727. The van der Waals surface area contributed by atoms with Crippen molar-refractivity contribution in [2.24, 2.45) is 7.05 Å². The average Bonchev–Trinajstić information content (AvgIpc) is 2.56. The van der Waals surface area contributed by atoms with Gasteiger partial charge in [-0.15, -0.1) is 0 Å². The molecule has 1 aromatic rings. The number of nitrogens with one attached hydrogen (secondary N) is 1. The first-order valence-corrected chi connectivity index (χ1v) is 6.43. The van der Waals surface area contributed by atoms with Gasteiger partial charge in [-0.25, -0.2) is 0 Å². The predicted molar refractivity (Wildman–Crippen MR) is 68.4 cm³/mol. The van der Waals surface area contributed by atoms with E-state index in [1.165, 1.54) is 0 Å². The van der Waals surface area contributed by atoms with Crippen LogP contribution in [-0.4, -0.2) is 29.0 Å². The molecule has 0 amide bonds. The fourth-order valence-electron chi connectivity index (χ4n) is 1.83. The number of aryl methyl sites for hydroxylation is 1. The Balaban J connectivity index is 2.92. The molecule has 0 radical (unpaired) electrons. The molecule has 0 aromatic carbocycles. The topological polar surface area (TPSA) is 39.1 Å². The minimum Gasteiger partial charge on any atom is -0.377 e. The molecule has 16 heavy (non-hydrogen) atoms. The monoisotopic (exact) mass is 289 g/mol. The van der Waals surface area contributed by atoms with Gasteiger partial charge in [0, 0.05) is 13.7 Å². The van der Waals surface area contributed by atoms with E-state index in [4.69, 9.17) is 4.74 Å². The van der Waals surface area contributed by atoms with E-state index in [1.54, 1.807) is 0 Å². The number of hydrogen-bond acceptors (Lipinski definition) is 3. The summed E-state index contributed by atoms with van der Waals surface area (Å²) in [6, 6.07) is 0.159. The lowest BCUT2D eigenvalue weighted by Crippen LogP contribution is -2.33. The number of rotatable bonds is 6. The van der Waals surface area contributed by atoms with Crippen LogP contribution in [0.5, 0.6) is 0 Å². The molecule has 5 heteroatoms. The fourth-order valence-corrected chi connectivity index (χ4v) is 2.43. The largest absolute Gasteiger partial charge is 0.377 e. The van der Waals surface area contributed by atoms with Crippen LogP contribution in [0.1, 0.15) is 32.5 Å². The molecule has 2 atom stereocenters. The van der Waals surface area contributed by atoms with Crippen molar-refractivity contribution < 1.29 is 4.74 Å². The van der Waals surface area contributed by atoms with Crippen LogP contribution in [0, 0.1) is 0 Å². The average molecular weight is 290 g/mol. The summed E-state index contributed by atoms with van der Waals surface area (Å²) < 4.78 is 8.57. The summed E-state index contributed by atoms with van der Waals surface area (Å²) in [4.78, 5) is 0. The Bertz CT molecular complexity index is 308. The van der Waals surface area contributed by atoms with Gasteiger partial charge in [0.25, 0.3) is 0 Å². The lowest BCUT2D eigenvalue weighted by atomic mass is 10.1. The standard InChI is InChI=1S/C11H20BrN3O/c1-5-13-10(8(3)16-6-2)11-9(12)7-14-15(11)4/h7-8,10,13H,5-6H2,1-4H3. The number of aromatic nitrogens is 2. The summed E-state index contributed by atoms with van der Waals surface area (Å²) in [6.07, 6.45) is 1.94. The lowest BCUT2D eigenvalue weighted by molar-refractivity contribution is 0.0453. The third kappa shape index (κ3) is 3.06. The molecule has 92 valence electrons. The Hall–Kier alpha value is -0.390. The Morgan fingerprint density at radius 3 is 2.69 bits per heavy atom. The normalized spacial score (nSPS) is 15.1. The molecule has 1 heterocycles. The predicted octanol–water partition coefficient (Wildman–Crippen LogP) is 2.26. The Kier molecular flexibility index (Phi) is 5.44. The van der Waals surface area contributed by atoms with Crippen LogP contribution in [0.15, 0.2) is 10.7 Å². The van der Waals surface area contributed by atoms with Crippen molar-refractivity contribution in [2.45, 2.75) is 32.9 Å². The van der Waals surface area contributed by atoms with Crippen molar-refractivity contribution in [1.82, 2.24) is 15.1 Å². The van der Waals surface area contributed by atoms with Crippen LogP contribution in [-0.2, 0) is 11.8 Å². The summed E-state index contributed by atoms with van der Waals surface area (Å²) >= 11 is 3.53. The maximum Gasteiger partial charge on any atom is 0.0766 e. The Morgan fingerprint density at radius 2 is 2.25 bits per heavy atom. The summed E-state index contributed by atoms with van der Waals surface area (Å²) in [5, 5.41) is 7.67. The summed E-state index contributed by atoms with van der Waals surface area (Å²) in [5.74, 6) is 0. The third-order valence-electron chi connectivity index (χ3n) is 2.56. The van der Waals surface area contributed by atoms with Crippen molar-refractivity contribution in [3.63, 3.8) is 0 Å². The number of ether oxygens (including phenoxy) is 1. The minimum atomic E-state index is 0.122. The van der Waals surface area contributed by atoms with E-state index < -0.39 is 0 Å².